The zero-order chi connectivity index (χ0) is 11.3. The predicted molar refractivity (Wildman–Crippen MR) is 64.5 cm³/mol. The highest BCUT2D eigenvalue weighted by molar-refractivity contribution is 6.00. The van der Waals surface area contributed by atoms with Crippen LogP contribution < -0.4 is 11.1 Å². The molecule has 0 radical (unpaired) electrons. The van der Waals surface area contributed by atoms with Crippen LogP contribution in [-0.2, 0) is 0 Å². The first-order valence-corrected chi connectivity index (χ1v) is 4.93. The van der Waals surface area contributed by atoms with Crippen LogP contribution in [0.2, 0.25) is 0 Å². The molecule has 4 heteroatoms. The number of anilines is 1. The van der Waals surface area contributed by atoms with Crippen LogP contribution in [0, 0.1) is 5.41 Å². The summed E-state index contributed by atoms with van der Waals surface area (Å²) in [6.45, 7) is 1.80. The van der Waals surface area contributed by atoms with Crippen LogP contribution in [0.1, 0.15) is 5.56 Å². The third-order valence-electron chi connectivity index (χ3n) is 2.09. The fourth-order valence-electron chi connectivity index (χ4n) is 1.29. The molecule has 0 fully saturated rings. The zero-order valence-corrected chi connectivity index (χ0v) is 9.25. The van der Waals surface area contributed by atoms with Gasteiger partial charge in [-0.05, 0) is 26.2 Å². The number of para-hydroxylation sites is 1. The van der Waals surface area contributed by atoms with Crippen molar-refractivity contribution < 1.29 is 0 Å². The average Bonchev–Trinajstić information content (AvgIpc) is 2.17. The van der Waals surface area contributed by atoms with Crippen LogP contribution in [0.25, 0.3) is 0 Å². The minimum absolute atomic E-state index is 0.1000. The lowest BCUT2D eigenvalue weighted by Crippen LogP contribution is -2.22. The second kappa shape index (κ2) is 5.36. The monoisotopic (exact) mass is 206 g/mol. The molecule has 0 saturated carbocycles. The Labute approximate surface area is 90.6 Å². The van der Waals surface area contributed by atoms with Crippen LogP contribution >= 0.6 is 0 Å². The van der Waals surface area contributed by atoms with E-state index in [1.807, 2.05) is 38.4 Å². The number of nitrogens with zero attached hydrogens (tertiary/aromatic N) is 1. The summed E-state index contributed by atoms with van der Waals surface area (Å²) in [5.41, 5.74) is 7.16. The van der Waals surface area contributed by atoms with Crippen molar-refractivity contribution in [1.82, 2.24) is 4.90 Å². The maximum atomic E-state index is 7.42. The number of likely N-dealkylation sites (N-methyl/N-ethyl adjacent to an activating group) is 1. The molecule has 1 aromatic rings. The third-order valence-corrected chi connectivity index (χ3v) is 2.09. The molecule has 82 valence electrons. The minimum Gasteiger partial charge on any atom is -0.384 e. The van der Waals surface area contributed by atoms with E-state index < -0.39 is 0 Å². The molecule has 0 saturated heterocycles. The van der Waals surface area contributed by atoms with Gasteiger partial charge >= 0.3 is 0 Å². The number of nitrogen functional groups attached to an aromatic ring is 1. The first-order chi connectivity index (χ1) is 7.11. The lowest BCUT2D eigenvalue weighted by molar-refractivity contribution is 0.425. The highest BCUT2D eigenvalue weighted by Gasteiger charge is 2.02. The molecule has 0 aliphatic carbocycles. The Morgan fingerprint density at radius 1 is 1.40 bits per heavy atom. The normalized spacial score (nSPS) is 10.3. The molecular weight excluding hydrogens is 188 g/mol. The molecule has 0 atom stereocenters. The van der Waals surface area contributed by atoms with Crippen molar-refractivity contribution in [2.24, 2.45) is 5.73 Å². The summed E-state index contributed by atoms with van der Waals surface area (Å²) in [5, 5.41) is 10.7. The van der Waals surface area contributed by atoms with Gasteiger partial charge in [0.25, 0.3) is 0 Å². The summed E-state index contributed by atoms with van der Waals surface area (Å²) in [7, 11) is 4.05. The highest BCUT2D eigenvalue weighted by Crippen LogP contribution is 2.13. The molecule has 1 rings (SSSR count). The van der Waals surface area contributed by atoms with Crippen LogP contribution in [-0.4, -0.2) is 37.9 Å². The molecule has 0 aromatic heterocycles. The predicted octanol–water partition coefficient (Wildman–Crippen LogP) is 0.944. The second-order valence-electron chi connectivity index (χ2n) is 3.69. The molecule has 0 aliphatic heterocycles. The number of rotatable bonds is 5. The molecule has 1 aromatic carbocycles. The Kier molecular flexibility index (Phi) is 4.12. The van der Waals surface area contributed by atoms with Crippen LogP contribution in [0.3, 0.4) is 0 Å². The molecule has 0 aliphatic rings. The topological polar surface area (TPSA) is 65.1 Å². The molecule has 0 amide bonds. The standard InChI is InChI=1S/C11H18N4/c1-15(2)8-7-14-10-6-4-3-5-9(10)11(12)13/h3-6,14H,7-8H2,1-2H3,(H3,12,13). The number of nitrogens with two attached hydrogens (primary N) is 1. The average molecular weight is 206 g/mol. The Morgan fingerprint density at radius 3 is 2.67 bits per heavy atom. The molecule has 0 unspecified atom stereocenters. The van der Waals surface area contributed by atoms with E-state index in [4.69, 9.17) is 11.1 Å². The summed E-state index contributed by atoms with van der Waals surface area (Å²) in [5.74, 6) is 0.1000. The molecular formula is C11H18N4. The SMILES string of the molecule is CN(C)CCNc1ccccc1C(=N)N. The Morgan fingerprint density at radius 2 is 2.07 bits per heavy atom. The Bertz CT molecular complexity index is 333. The van der Waals surface area contributed by atoms with Gasteiger partial charge in [0.2, 0.25) is 0 Å². The van der Waals surface area contributed by atoms with Gasteiger partial charge in [0.15, 0.2) is 0 Å². The lowest BCUT2D eigenvalue weighted by Gasteiger charge is -2.13. The van der Waals surface area contributed by atoms with Crippen molar-refractivity contribution in [2.75, 3.05) is 32.5 Å². The quantitative estimate of drug-likeness (QED) is 0.496. The van der Waals surface area contributed by atoms with Gasteiger partial charge in [0.1, 0.15) is 5.84 Å². The van der Waals surface area contributed by atoms with E-state index in [1.165, 1.54) is 0 Å². The summed E-state index contributed by atoms with van der Waals surface area (Å²) in [6, 6.07) is 7.60. The van der Waals surface area contributed by atoms with Gasteiger partial charge in [-0.3, -0.25) is 5.41 Å². The first kappa shape index (κ1) is 11.5. The zero-order valence-electron chi connectivity index (χ0n) is 9.25. The van der Waals surface area contributed by atoms with Crippen LogP contribution in [0.4, 0.5) is 5.69 Å². The molecule has 4 N–H and O–H groups in total. The van der Waals surface area contributed by atoms with Gasteiger partial charge in [-0.1, -0.05) is 12.1 Å². The summed E-state index contributed by atoms with van der Waals surface area (Å²) < 4.78 is 0. The van der Waals surface area contributed by atoms with E-state index in [-0.39, 0.29) is 5.84 Å². The highest BCUT2D eigenvalue weighted by atomic mass is 15.1. The maximum Gasteiger partial charge on any atom is 0.124 e. The van der Waals surface area contributed by atoms with Gasteiger partial charge in [-0.2, -0.15) is 0 Å². The Hall–Kier alpha value is -1.55. The number of nitrogens with one attached hydrogen (secondary N) is 2. The smallest absolute Gasteiger partial charge is 0.124 e. The lowest BCUT2D eigenvalue weighted by atomic mass is 10.1. The summed E-state index contributed by atoms with van der Waals surface area (Å²) in [4.78, 5) is 2.10. The van der Waals surface area contributed by atoms with Gasteiger partial charge in [-0.25, -0.2) is 0 Å². The Balaban J connectivity index is 2.63. The van der Waals surface area contributed by atoms with Crippen LogP contribution in [0.5, 0.6) is 0 Å². The van der Waals surface area contributed by atoms with Crippen molar-refractivity contribution in [3.8, 4) is 0 Å². The molecule has 15 heavy (non-hydrogen) atoms. The summed E-state index contributed by atoms with van der Waals surface area (Å²) in [6.07, 6.45) is 0. The van der Waals surface area contributed by atoms with Gasteiger partial charge in [0, 0.05) is 24.3 Å². The van der Waals surface area contributed by atoms with Gasteiger partial charge in [-0.15, -0.1) is 0 Å². The van der Waals surface area contributed by atoms with E-state index in [2.05, 4.69) is 10.2 Å². The largest absolute Gasteiger partial charge is 0.384 e. The number of benzene rings is 1. The van der Waals surface area contributed by atoms with E-state index in [0.717, 1.165) is 24.3 Å². The van der Waals surface area contributed by atoms with Crippen molar-refractivity contribution in [3.05, 3.63) is 29.8 Å². The second-order valence-corrected chi connectivity index (χ2v) is 3.69. The van der Waals surface area contributed by atoms with E-state index in [1.54, 1.807) is 0 Å². The summed E-state index contributed by atoms with van der Waals surface area (Å²) >= 11 is 0. The fourth-order valence-corrected chi connectivity index (χ4v) is 1.29. The third kappa shape index (κ3) is 3.59. The van der Waals surface area contributed by atoms with Crippen LogP contribution in [0.15, 0.2) is 24.3 Å². The van der Waals surface area contributed by atoms with E-state index >= 15 is 0 Å². The van der Waals surface area contributed by atoms with Crippen molar-refractivity contribution >= 4 is 11.5 Å². The molecule has 4 nitrogen and oxygen atoms in total. The number of hydrogen-bond acceptors (Lipinski definition) is 3. The van der Waals surface area contributed by atoms with Gasteiger partial charge < -0.3 is 16.0 Å². The molecule has 0 bridgehead atoms. The van der Waals surface area contributed by atoms with Crippen molar-refractivity contribution in [3.63, 3.8) is 0 Å². The minimum atomic E-state index is 0.1000. The molecule has 0 spiro atoms. The van der Waals surface area contributed by atoms with Crippen molar-refractivity contribution in [2.45, 2.75) is 0 Å². The van der Waals surface area contributed by atoms with E-state index in [9.17, 15) is 0 Å². The first-order valence-electron chi connectivity index (χ1n) is 4.93. The van der Waals surface area contributed by atoms with E-state index in [0.29, 0.717) is 0 Å². The fraction of sp³-hybridized carbons (Fsp3) is 0.364. The number of amidine groups is 1. The van der Waals surface area contributed by atoms with Crippen molar-refractivity contribution in [1.29, 1.82) is 5.41 Å². The maximum absolute atomic E-state index is 7.42. The number of hydrogen-bond donors (Lipinski definition) is 3. The van der Waals surface area contributed by atoms with Gasteiger partial charge in [0.05, 0.1) is 0 Å². The molecule has 0 heterocycles.